The second kappa shape index (κ2) is 6.92. The topological polar surface area (TPSA) is 53.4 Å². The van der Waals surface area contributed by atoms with Crippen molar-refractivity contribution in [3.63, 3.8) is 0 Å². The fourth-order valence-electron chi connectivity index (χ4n) is 2.29. The van der Waals surface area contributed by atoms with Crippen molar-refractivity contribution in [1.82, 2.24) is 9.78 Å². The summed E-state index contributed by atoms with van der Waals surface area (Å²) in [5.74, 6) is 1.21. The van der Waals surface area contributed by atoms with Gasteiger partial charge in [-0.1, -0.05) is 25.1 Å². The number of ether oxygens (including phenoxy) is 2. The molecular formula is C16H20N2O3. The number of nitrogens with zero attached hydrogens (tertiary/aromatic N) is 2. The molecule has 0 bridgehead atoms. The van der Waals surface area contributed by atoms with E-state index in [1.165, 1.54) is 0 Å². The molecule has 112 valence electrons. The summed E-state index contributed by atoms with van der Waals surface area (Å²) in [4.78, 5) is 12.6. The van der Waals surface area contributed by atoms with E-state index in [4.69, 9.17) is 9.47 Å². The largest absolute Gasteiger partial charge is 0.496 e. The molecule has 0 saturated heterocycles. The maximum Gasteiger partial charge on any atom is 0.189 e. The third kappa shape index (κ3) is 3.24. The number of rotatable bonds is 7. The van der Waals surface area contributed by atoms with Gasteiger partial charge in [-0.25, -0.2) is 0 Å². The molecule has 0 aliphatic heterocycles. The monoisotopic (exact) mass is 288 g/mol. The highest BCUT2D eigenvalue weighted by Crippen LogP contribution is 2.23. The van der Waals surface area contributed by atoms with Gasteiger partial charge in [0.15, 0.2) is 11.5 Å². The van der Waals surface area contributed by atoms with Crippen molar-refractivity contribution in [3.05, 3.63) is 41.7 Å². The Kier molecular flexibility index (Phi) is 4.98. The molecule has 5 heteroatoms. The van der Waals surface area contributed by atoms with Gasteiger partial charge < -0.3 is 9.47 Å². The van der Waals surface area contributed by atoms with Crippen LogP contribution in [0.15, 0.2) is 30.5 Å². The summed E-state index contributed by atoms with van der Waals surface area (Å²) in [6.45, 7) is 2.74. The fourth-order valence-corrected chi connectivity index (χ4v) is 2.29. The predicted octanol–water partition coefficient (Wildman–Crippen LogP) is 2.74. The van der Waals surface area contributed by atoms with Crippen LogP contribution < -0.4 is 9.47 Å². The molecule has 0 atom stereocenters. The van der Waals surface area contributed by atoms with Gasteiger partial charge in [0.1, 0.15) is 11.4 Å². The van der Waals surface area contributed by atoms with E-state index < -0.39 is 0 Å². The zero-order chi connectivity index (χ0) is 15.2. The molecule has 0 aliphatic carbocycles. The molecule has 0 fully saturated rings. The van der Waals surface area contributed by atoms with Gasteiger partial charge in [-0.05, 0) is 12.5 Å². The Bertz CT molecular complexity index is 620. The summed E-state index contributed by atoms with van der Waals surface area (Å²) in [5, 5.41) is 4.22. The summed E-state index contributed by atoms with van der Waals surface area (Å²) in [6, 6.07) is 7.52. The molecule has 0 unspecified atom stereocenters. The Balaban J connectivity index is 2.29. The molecule has 0 amide bonds. The van der Waals surface area contributed by atoms with Crippen LogP contribution >= 0.6 is 0 Å². The zero-order valence-electron chi connectivity index (χ0n) is 12.6. The summed E-state index contributed by atoms with van der Waals surface area (Å²) in [7, 11) is 3.15. The average molecular weight is 288 g/mol. The van der Waals surface area contributed by atoms with Gasteiger partial charge >= 0.3 is 0 Å². The second-order valence-corrected chi connectivity index (χ2v) is 4.70. The van der Waals surface area contributed by atoms with E-state index >= 15 is 0 Å². The van der Waals surface area contributed by atoms with Gasteiger partial charge in [-0.3, -0.25) is 9.48 Å². The summed E-state index contributed by atoms with van der Waals surface area (Å²) < 4.78 is 12.2. The molecule has 0 aliphatic rings. The first-order chi connectivity index (χ1) is 10.2. The molecule has 0 spiro atoms. The molecule has 2 aromatic rings. The van der Waals surface area contributed by atoms with Crippen LogP contribution in [0, 0.1) is 0 Å². The van der Waals surface area contributed by atoms with Crippen LogP contribution in [0.25, 0.3) is 0 Å². The molecule has 2 rings (SSSR count). The lowest BCUT2D eigenvalue weighted by atomic mass is 10.1. The number of hydrogen-bond donors (Lipinski definition) is 0. The first-order valence-corrected chi connectivity index (χ1v) is 6.96. The highest BCUT2D eigenvalue weighted by atomic mass is 16.5. The minimum absolute atomic E-state index is 0.0256. The molecular weight excluding hydrogens is 268 g/mol. The van der Waals surface area contributed by atoms with Crippen LogP contribution in [0.1, 0.15) is 29.4 Å². The zero-order valence-corrected chi connectivity index (χ0v) is 12.6. The quantitative estimate of drug-likeness (QED) is 0.735. The smallest absolute Gasteiger partial charge is 0.189 e. The highest BCUT2D eigenvalue weighted by Gasteiger charge is 2.20. The van der Waals surface area contributed by atoms with E-state index in [1.807, 2.05) is 31.2 Å². The van der Waals surface area contributed by atoms with Gasteiger partial charge in [0.25, 0.3) is 0 Å². The molecule has 1 heterocycles. The third-order valence-electron chi connectivity index (χ3n) is 3.27. The first kappa shape index (κ1) is 15.1. The van der Waals surface area contributed by atoms with Crippen LogP contribution in [0.4, 0.5) is 0 Å². The lowest BCUT2D eigenvalue weighted by molar-refractivity contribution is 0.0978. The normalized spacial score (nSPS) is 10.4. The van der Waals surface area contributed by atoms with Crippen molar-refractivity contribution in [2.75, 3.05) is 14.2 Å². The average Bonchev–Trinajstić information content (AvgIpc) is 2.91. The van der Waals surface area contributed by atoms with Crippen molar-refractivity contribution in [3.8, 4) is 11.5 Å². The van der Waals surface area contributed by atoms with E-state index in [0.29, 0.717) is 23.7 Å². The standard InChI is InChI=1S/C16H20N2O3/c1-4-9-18-16(15(21-3)11-17-18)13(19)10-12-7-5-6-8-14(12)20-2/h5-8,11H,4,9-10H2,1-3H3. The summed E-state index contributed by atoms with van der Waals surface area (Å²) >= 11 is 0. The number of aryl methyl sites for hydroxylation is 1. The highest BCUT2D eigenvalue weighted by molar-refractivity contribution is 5.98. The molecule has 0 saturated carbocycles. The SMILES string of the molecule is CCCn1ncc(OC)c1C(=O)Cc1ccccc1OC. The number of Topliss-reactive ketones (excluding diaryl/α,β-unsaturated/α-hetero) is 1. The minimum atomic E-state index is -0.0256. The molecule has 5 nitrogen and oxygen atoms in total. The molecule has 0 N–H and O–H groups in total. The van der Waals surface area contributed by atoms with Gasteiger partial charge in [-0.15, -0.1) is 0 Å². The fraction of sp³-hybridized carbons (Fsp3) is 0.375. The van der Waals surface area contributed by atoms with Crippen molar-refractivity contribution in [1.29, 1.82) is 0 Å². The van der Waals surface area contributed by atoms with Gasteiger partial charge in [0.05, 0.1) is 20.4 Å². The first-order valence-electron chi connectivity index (χ1n) is 6.96. The Morgan fingerprint density at radius 3 is 2.57 bits per heavy atom. The maximum atomic E-state index is 12.6. The number of aromatic nitrogens is 2. The molecule has 1 aromatic carbocycles. The molecule has 1 aromatic heterocycles. The number of methoxy groups -OCH3 is 2. The van der Waals surface area contributed by atoms with E-state index in [9.17, 15) is 4.79 Å². The van der Waals surface area contributed by atoms with Gasteiger partial charge in [0, 0.05) is 18.5 Å². The van der Waals surface area contributed by atoms with Crippen molar-refractivity contribution in [2.24, 2.45) is 0 Å². The van der Waals surface area contributed by atoms with Gasteiger partial charge in [0.2, 0.25) is 0 Å². The summed E-state index contributed by atoms with van der Waals surface area (Å²) in [6.07, 6.45) is 2.75. The van der Waals surface area contributed by atoms with Crippen molar-refractivity contribution < 1.29 is 14.3 Å². The number of hydrogen-bond acceptors (Lipinski definition) is 4. The van der Waals surface area contributed by atoms with E-state index in [1.54, 1.807) is 25.1 Å². The molecule has 21 heavy (non-hydrogen) atoms. The second-order valence-electron chi connectivity index (χ2n) is 4.70. The van der Waals surface area contributed by atoms with E-state index in [2.05, 4.69) is 5.10 Å². The van der Waals surface area contributed by atoms with E-state index in [-0.39, 0.29) is 12.2 Å². The van der Waals surface area contributed by atoms with E-state index in [0.717, 1.165) is 12.0 Å². The van der Waals surface area contributed by atoms with Crippen molar-refractivity contribution >= 4 is 5.78 Å². The van der Waals surface area contributed by atoms with Crippen LogP contribution in [-0.2, 0) is 13.0 Å². The van der Waals surface area contributed by atoms with Crippen LogP contribution in [0.3, 0.4) is 0 Å². The number of ketones is 1. The van der Waals surface area contributed by atoms with Crippen LogP contribution in [0.5, 0.6) is 11.5 Å². The Morgan fingerprint density at radius 1 is 1.19 bits per heavy atom. The van der Waals surface area contributed by atoms with Crippen molar-refractivity contribution in [2.45, 2.75) is 26.3 Å². The van der Waals surface area contributed by atoms with Crippen LogP contribution in [-0.4, -0.2) is 29.8 Å². The predicted molar refractivity (Wildman–Crippen MR) is 80.1 cm³/mol. The number of carbonyl (C=O) groups excluding carboxylic acids is 1. The maximum absolute atomic E-state index is 12.6. The lowest BCUT2D eigenvalue weighted by Crippen LogP contribution is -2.14. The Hall–Kier alpha value is -2.30. The number of benzene rings is 1. The number of carbonyl (C=O) groups is 1. The molecule has 0 radical (unpaired) electrons. The minimum Gasteiger partial charge on any atom is -0.496 e. The number of para-hydroxylation sites is 1. The Labute approximate surface area is 124 Å². The lowest BCUT2D eigenvalue weighted by Gasteiger charge is -2.10. The summed E-state index contributed by atoms with van der Waals surface area (Å²) in [5.41, 5.74) is 1.38. The Morgan fingerprint density at radius 2 is 1.90 bits per heavy atom. The van der Waals surface area contributed by atoms with Gasteiger partial charge in [-0.2, -0.15) is 5.10 Å². The van der Waals surface area contributed by atoms with Crippen LogP contribution in [0.2, 0.25) is 0 Å². The third-order valence-corrected chi connectivity index (χ3v) is 3.27.